The lowest BCUT2D eigenvalue weighted by Crippen LogP contribution is -2.43. The first-order valence-electron chi connectivity index (χ1n) is 6.99. The number of amides is 2. The summed E-state index contributed by atoms with van der Waals surface area (Å²) >= 11 is 0. The van der Waals surface area contributed by atoms with E-state index >= 15 is 0 Å². The van der Waals surface area contributed by atoms with Gasteiger partial charge in [-0.25, -0.2) is 0 Å². The number of rotatable bonds is 2. The summed E-state index contributed by atoms with van der Waals surface area (Å²) in [6, 6.07) is 9.19. The van der Waals surface area contributed by atoms with E-state index < -0.39 is 0 Å². The van der Waals surface area contributed by atoms with Crippen molar-refractivity contribution in [2.24, 2.45) is 0 Å². The molecule has 1 saturated carbocycles. The Balaban J connectivity index is 1.81. The van der Waals surface area contributed by atoms with Crippen LogP contribution in [0.15, 0.2) is 36.4 Å². The topological polar surface area (TPSA) is 57.6 Å². The molecule has 104 valence electrons. The predicted molar refractivity (Wildman–Crippen MR) is 74.5 cm³/mol. The molecule has 1 fully saturated rings. The minimum atomic E-state index is -0.291. The van der Waals surface area contributed by atoms with Gasteiger partial charge in [-0.3, -0.25) is 14.5 Å². The Labute approximate surface area is 117 Å². The van der Waals surface area contributed by atoms with E-state index in [0.717, 1.165) is 5.56 Å². The highest BCUT2D eigenvalue weighted by Crippen LogP contribution is 2.30. The van der Waals surface area contributed by atoms with Gasteiger partial charge in [0.2, 0.25) is 0 Å². The third-order valence-corrected chi connectivity index (χ3v) is 4.07. The Kier molecular flexibility index (Phi) is 3.40. The third-order valence-electron chi connectivity index (χ3n) is 4.07. The highest BCUT2D eigenvalue weighted by Gasteiger charge is 2.38. The van der Waals surface area contributed by atoms with Gasteiger partial charge >= 0.3 is 0 Å². The fraction of sp³-hybridized carbons (Fsp3) is 0.375. The molecular formula is C16H17NO3. The number of aliphatic hydroxyl groups is 1. The average molecular weight is 271 g/mol. The number of benzene rings is 1. The summed E-state index contributed by atoms with van der Waals surface area (Å²) in [7, 11) is 0. The van der Waals surface area contributed by atoms with Gasteiger partial charge in [-0.15, -0.1) is 0 Å². The maximum Gasteiger partial charge on any atom is 0.261 e. The first-order chi connectivity index (χ1) is 9.66. The Morgan fingerprint density at radius 2 is 1.65 bits per heavy atom. The summed E-state index contributed by atoms with van der Waals surface area (Å²) in [6.45, 7) is 0. The van der Waals surface area contributed by atoms with Gasteiger partial charge in [-0.2, -0.15) is 0 Å². The molecule has 0 radical (unpaired) electrons. The molecule has 3 rings (SSSR count). The van der Waals surface area contributed by atoms with Gasteiger partial charge in [0, 0.05) is 12.1 Å². The highest BCUT2D eigenvalue weighted by molar-refractivity contribution is 6.33. The van der Waals surface area contributed by atoms with Crippen LogP contribution >= 0.6 is 0 Å². The minimum Gasteiger partial charge on any atom is -0.393 e. The van der Waals surface area contributed by atoms with Crippen LogP contribution in [0.1, 0.15) is 31.2 Å². The molecule has 0 unspecified atom stereocenters. The van der Waals surface area contributed by atoms with Crippen LogP contribution in [-0.2, 0) is 9.59 Å². The maximum atomic E-state index is 12.5. The second-order valence-corrected chi connectivity index (χ2v) is 5.40. The molecule has 1 N–H and O–H groups in total. The van der Waals surface area contributed by atoms with Crippen LogP contribution < -0.4 is 0 Å². The number of carbonyl (C=O) groups excluding carboxylic acids is 2. The van der Waals surface area contributed by atoms with E-state index in [4.69, 9.17) is 0 Å². The first-order valence-corrected chi connectivity index (χ1v) is 6.99. The van der Waals surface area contributed by atoms with E-state index in [0.29, 0.717) is 31.3 Å². The molecule has 0 spiro atoms. The molecular weight excluding hydrogens is 254 g/mol. The minimum absolute atomic E-state index is 0.0733. The van der Waals surface area contributed by atoms with Gasteiger partial charge < -0.3 is 5.11 Å². The summed E-state index contributed by atoms with van der Waals surface area (Å²) < 4.78 is 0. The zero-order valence-electron chi connectivity index (χ0n) is 11.2. The number of aliphatic hydroxyl groups excluding tert-OH is 1. The van der Waals surface area contributed by atoms with Gasteiger partial charge in [0.25, 0.3) is 11.8 Å². The van der Waals surface area contributed by atoms with Gasteiger partial charge in [0.1, 0.15) is 0 Å². The van der Waals surface area contributed by atoms with Crippen molar-refractivity contribution in [3.8, 4) is 0 Å². The van der Waals surface area contributed by atoms with Gasteiger partial charge in [-0.05, 0) is 31.2 Å². The van der Waals surface area contributed by atoms with E-state index in [2.05, 4.69) is 0 Å². The van der Waals surface area contributed by atoms with Crippen LogP contribution in [0, 0.1) is 0 Å². The summed E-state index contributed by atoms with van der Waals surface area (Å²) in [5, 5.41) is 9.53. The predicted octanol–water partition coefficient (Wildman–Crippen LogP) is 1.74. The molecule has 1 heterocycles. The molecule has 0 aromatic heterocycles. The van der Waals surface area contributed by atoms with Gasteiger partial charge in [-0.1, -0.05) is 30.3 Å². The molecule has 1 aromatic carbocycles. The number of imide groups is 1. The van der Waals surface area contributed by atoms with Crippen molar-refractivity contribution in [3.05, 3.63) is 42.0 Å². The van der Waals surface area contributed by atoms with Crippen molar-refractivity contribution in [2.45, 2.75) is 37.8 Å². The molecule has 0 bridgehead atoms. The first kappa shape index (κ1) is 13.1. The van der Waals surface area contributed by atoms with E-state index in [1.165, 1.54) is 11.0 Å². The van der Waals surface area contributed by atoms with E-state index in [-0.39, 0.29) is 24.0 Å². The van der Waals surface area contributed by atoms with Crippen molar-refractivity contribution in [1.82, 2.24) is 4.90 Å². The zero-order chi connectivity index (χ0) is 14.1. The molecule has 1 aromatic rings. The third kappa shape index (κ3) is 2.27. The molecule has 0 saturated heterocycles. The Bertz CT molecular complexity index is 556. The molecule has 2 aliphatic rings. The average Bonchev–Trinajstić information content (AvgIpc) is 2.76. The van der Waals surface area contributed by atoms with Crippen LogP contribution in [0.5, 0.6) is 0 Å². The van der Waals surface area contributed by atoms with Crippen LogP contribution in [0.25, 0.3) is 5.57 Å². The van der Waals surface area contributed by atoms with Crippen LogP contribution in [0.3, 0.4) is 0 Å². The molecule has 0 atom stereocenters. The standard InChI is InChI=1S/C16H17NO3/c18-13-8-6-12(7-9-13)17-15(19)10-14(16(17)20)11-4-2-1-3-5-11/h1-5,10,12-13,18H,6-9H2. The molecule has 1 aliphatic heterocycles. The number of nitrogens with zero attached hydrogens (tertiary/aromatic N) is 1. The second-order valence-electron chi connectivity index (χ2n) is 5.40. The number of hydrogen-bond acceptors (Lipinski definition) is 3. The molecule has 4 nitrogen and oxygen atoms in total. The summed E-state index contributed by atoms with van der Waals surface area (Å²) in [6.07, 6.45) is 3.83. The van der Waals surface area contributed by atoms with Crippen LogP contribution in [-0.4, -0.2) is 34.0 Å². The Hall–Kier alpha value is -1.94. The fourth-order valence-corrected chi connectivity index (χ4v) is 2.97. The maximum absolute atomic E-state index is 12.5. The van der Waals surface area contributed by atoms with Gasteiger partial charge in [0.15, 0.2) is 0 Å². The summed E-state index contributed by atoms with van der Waals surface area (Å²) in [4.78, 5) is 26.0. The van der Waals surface area contributed by atoms with Crippen molar-refractivity contribution in [3.63, 3.8) is 0 Å². The second kappa shape index (κ2) is 5.21. The van der Waals surface area contributed by atoms with Crippen molar-refractivity contribution in [1.29, 1.82) is 0 Å². The smallest absolute Gasteiger partial charge is 0.261 e. The summed E-state index contributed by atoms with van der Waals surface area (Å²) in [5.74, 6) is -0.433. The lowest BCUT2D eigenvalue weighted by Gasteiger charge is -2.31. The van der Waals surface area contributed by atoms with Crippen molar-refractivity contribution in [2.75, 3.05) is 0 Å². The summed E-state index contributed by atoms with van der Waals surface area (Å²) in [5.41, 5.74) is 1.26. The van der Waals surface area contributed by atoms with Crippen molar-refractivity contribution >= 4 is 17.4 Å². The molecule has 20 heavy (non-hydrogen) atoms. The Morgan fingerprint density at radius 1 is 1.00 bits per heavy atom. The quantitative estimate of drug-likeness (QED) is 0.834. The van der Waals surface area contributed by atoms with Gasteiger partial charge in [0.05, 0.1) is 11.7 Å². The molecule has 4 heteroatoms. The highest BCUT2D eigenvalue weighted by atomic mass is 16.3. The van der Waals surface area contributed by atoms with E-state index in [1.54, 1.807) is 0 Å². The van der Waals surface area contributed by atoms with Crippen LogP contribution in [0.2, 0.25) is 0 Å². The lowest BCUT2D eigenvalue weighted by atomic mass is 9.92. The number of carbonyl (C=O) groups is 2. The van der Waals surface area contributed by atoms with E-state index in [9.17, 15) is 14.7 Å². The molecule has 1 aliphatic carbocycles. The largest absolute Gasteiger partial charge is 0.393 e. The fourth-order valence-electron chi connectivity index (χ4n) is 2.97. The zero-order valence-corrected chi connectivity index (χ0v) is 11.2. The van der Waals surface area contributed by atoms with Crippen molar-refractivity contribution < 1.29 is 14.7 Å². The monoisotopic (exact) mass is 271 g/mol. The lowest BCUT2D eigenvalue weighted by molar-refractivity contribution is -0.140. The SMILES string of the molecule is O=C1C=C(c2ccccc2)C(=O)N1C1CCC(O)CC1. The number of hydrogen-bond donors (Lipinski definition) is 1. The molecule has 2 amide bonds. The van der Waals surface area contributed by atoms with Crippen LogP contribution in [0.4, 0.5) is 0 Å². The Morgan fingerprint density at radius 3 is 2.30 bits per heavy atom. The normalized spacial score (nSPS) is 26.9. The van der Waals surface area contributed by atoms with E-state index in [1.807, 2.05) is 30.3 Å².